The molecule has 1 aromatic heterocycles. The minimum Gasteiger partial charge on any atom is -0.464 e. The lowest BCUT2D eigenvalue weighted by molar-refractivity contribution is -0.133. The standard InChI is InChI=1S/C26H34N4O4/c1-26(25(33)28-20-14-8-3-4-9-15-20)17-29-18-27-21(24(32)34-2)22(29)23(31)30(26)16-10-13-19-11-6-5-7-12-19/h5-7,11-12,18,20H,3-4,8-10,13-17H2,1-2H3,(H,28,33)/t26-/m0/s1. The van der Waals surface area contributed by atoms with Crippen LogP contribution in [0.5, 0.6) is 0 Å². The third-order valence-corrected chi connectivity index (χ3v) is 7.11. The van der Waals surface area contributed by atoms with Crippen LogP contribution in [0.25, 0.3) is 0 Å². The fourth-order valence-corrected chi connectivity index (χ4v) is 5.13. The number of hydrogen-bond donors (Lipinski definition) is 1. The molecule has 0 unspecified atom stereocenters. The summed E-state index contributed by atoms with van der Waals surface area (Å²) in [4.78, 5) is 45.4. The third-order valence-electron chi connectivity index (χ3n) is 7.11. The van der Waals surface area contributed by atoms with E-state index in [9.17, 15) is 14.4 Å². The highest BCUT2D eigenvalue weighted by atomic mass is 16.5. The molecule has 2 aliphatic rings. The maximum absolute atomic E-state index is 13.7. The lowest BCUT2D eigenvalue weighted by Crippen LogP contribution is -2.65. The van der Waals surface area contributed by atoms with Crippen molar-refractivity contribution in [2.75, 3.05) is 13.7 Å². The lowest BCUT2D eigenvalue weighted by Gasteiger charge is -2.44. The van der Waals surface area contributed by atoms with Crippen LogP contribution in [0.3, 0.4) is 0 Å². The van der Waals surface area contributed by atoms with Crippen molar-refractivity contribution in [3.8, 4) is 0 Å². The van der Waals surface area contributed by atoms with Crippen molar-refractivity contribution in [3.05, 3.63) is 53.6 Å². The molecule has 1 aliphatic carbocycles. The zero-order valence-corrected chi connectivity index (χ0v) is 20.1. The van der Waals surface area contributed by atoms with Gasteiger partial charge >= 0.3 is 5.97 Å². The van der Waals surface area contributed by atoms with E-state index in [1.165, 1.54) is 31.8 Å². The van der Waals surface area contributed by atoms with Gasteiger partial charge in [0, 0.05) is 12.6 Å². The molecule has 182 valence electrons. The number of nitrogens with zero attached hydrogens (tertiary/aromatic N) is 3. The second-order valence-corrected chi connectivity index (χ2v) is 9.54. The molecule has 8 heteroatoms. The lowest BCUT2D eigenvalue weighted by atomic mass is 9.92. The molecule has 0 spiro atoms. The molecule has 2 heterocycles. The number of imidazole rings is 1. The predicted octanol–water partition coefficient (Wildman–Crippen LogP) is 3.36. The van der Waals surface area contributed by atoms with E-state index >= 15 is 0 Å². The Morgan fingerprint density at radius 3 is 2.53 bits per heavy atom. The maximum Gasteiger partial charge on any atom is 0.359 e. The van der Waals surface area contributed by atoms with Crippen molar-refractivity contribution in [2.24, 2.45) is 0 Å². The first-order valence-electron chi connectivity index (χ1n) is 12.2. The largest absolute Gasteiger partial charge is 0.464 e. The van der Waals surface area contributed by atoms with E-state index in [1.54, 1.807) is 9.47 Å². The van der Waals surface area contributed by atoms with Gasteiger partial charge in [0.15, 0.2) is 5.69 Å². The molecule has 1 aromatic carbocycles. The number of fused-ring (bicyclic) bond motifs is 1. The molecule has 1 N–H and O–H groups in total. The molecule has 1 aliphatic heterocycles. The van der Waals surface area contributed by atoms with Gasteiger partial charge in [0.05, 0.1) is 20.0 Å². The van der Waals surface area contributed by atoms with Gasteiger partial charge in [0.2, 0.25) is 5.91 Å². The monoisotopic (exact) mass is 466 g/mol. The van der Waals surface area contributed by atoms with Gasteiger partial charge < -0.3 is 19.5 Å². The van der Waals surface area contributed by atoms with Crippen LogP contribution in [0.4, 0.5) is 0 Å². The number of nitrogens with one attached hydrogen (secondary N) is 1. The highest BCUT2D eigenvalue weighted by Crippen LogP contribution is 2.30. The summed E-state index contributed by atoms with van der Waals surface area (Å²) < 4.78 is 6.45. The Kier molecular flexibility index (Phi) is 7.34. The van der Waals surface area contributed by atoms with Gasteiger partial charge in [-0.15, -0.1) is 0 Å². The quantitative estimate of drug-likeness (QED) is 0.499. The number of carbonyl (C=O) groups is 3. The summed E-state index contributed by atoms with van der Waals surface area (Å²) >= 11 is 0. The zero-order valence-electron chi connectivity index (χ0n) is 20.1. The SMILES string of the molecule is COC(=O)c1ncn2c1C(=O)N(CCCc1ccccc1)[C@](C)(C(=O)NC1CCCCCC1)C2. The van der Waals surface area contributed by atoms with E-state index in [0.29, 0.717) is 13.0 Å². The van der Waals surface area contributed by atoms with E-state index in [-0.39, 0.29) is 35.8 Å². The Labute approximate surface area is 200 Å². The highest BCUT2D eigenvalue weighted by Gasteiger charge is 2.49. The summed E-state index contributed by atoms with van der Waals surface area (Å²) in [5.74, 6) is -1.17. The van der Waals surface area contributed by atoms with E-state index < -0.39 is 11.5 Å². The van der Waals surface area contributed by atoms with Gasteiger partial charge in [-0.3, -0.25) is 9.59 Å². The number of methoxy groups -OCH3 is 1. The number of esters is 1. The van der Waals surface area contributed by atoms with Crippen molar-refractivity contribution in [3.63, 3.8) is 0 Å². The van der Waals surface area contributed by atoms with Crippen LogP contribution in [0, 0.1) is 0 Å². The summed E-state index contributed by atoms with van der Waals surface area (Å²) in [6, 6.07) is 10.2. The molecule has 1 atom stereocenters. The first-order valence-corrected chi connectivity index (χ1v) is 12.2. The first-order chi connectivity index (χ1) is 16.4. The van der Waals surface area contributed by atoms with E-state index in [2.05, 4.69) is 22.4 Å². The van der Waals surface area contributed by atoms with Gasteiger partial charge in [-0.2, -0.15) is 0 Å². The second kappa shape index (κ2) is 10.4. The fraction of sp³-hybridized carbons (Fsp3) is 0.538. The van der Waals surface area contributed by atoms with Crippen LogP contribution in [-0.4, -0.2) is 57.5 Å². The molecule has 1 saturated carbocycles. The van der Waals surface area contributed by atoms with Crippen molar-refractivity contribution in [1.82, 2.24) is 19.8 Å². The number of hydrogen-bond acceptors (Lipinski definition) is 5. The minimum absolute atomic E-state index is 0.00761. The molecule has 4 rings (SSSR count). The molecule has 0 bridgehead atoms. The molecule has 2 aromatic rings. The molecular weight excluding hydrogens is 432 g/mol. The van der Waals surface area contributed by atoms with Crippen LogP contribution in [0.2, 0.25) is 0 Å². The minimum atomic E-state index is -1.08. The number of rotatable bonds is 7. The Balaban J connectivity index is 1.59. The molecule has 34 heavy (non-hydrogen) atoms. The second-order valence-electron chi connectivity index (χ2n) is 9.54. The Bertz CT molecular complexity index is 1030. The van der Waals surface area contributed by atoms with Gasteiger partial charge in [0.1, 0.15) is 11.2 Å². The molecular formula is C26H34N4O4. The Morgan fingerprint density at radius 1 is 1.15 bits per heavy atom. The van der Waals surface area contributed by atoms with Gasteiger partial charge in [0.25, 0.3) is 5.91 Å². The van der Waals surface area contributed by atoms with Crippen LogP contribution < -0.4 is 5.32 Å². The summed E-state index contributed by atoms with van der Waals surface area (Å²) in [6.45, 7) is 2.45. The summed E-state index contributed by atoms with van der Waals surface area (Å²) in [5, 5.41) is 3.24. The summed E-state index contributed by atoms with van der Waals surface area (Å²) in [5.41, 5.74) is 0.274. The third kappa shape index (κ3) is 4.86. The number of ether oxygens (including phenoxy) is 1. The Morgan fingerprint density at radius 2 is 1.85 bits per heavy atom. The predicted molar refractivity (Wildman–Crippen MR) is 127 cm³/mol. The average Bonchev–Trinajstić information content (AvgIpc) is 3.09. The molecule has 8 nitrogen and oxygen atoms in total. The number of carbonyl (C=O) groups excluding carboxylic acids is 3. The summed E-state index contributed by atoms with van der Waals surface area (Å²) in [6.07, 6.45) is 9.48. The number of aromatic nitrogens is 2. The highest BCUT2D eigenvalue weighted by molar-refractivity contribution is 6.06. The maximum atomic E-state index is 13.7. The topological polar surface area (TPSA) is 93.5 Å². The average molecular weight is 467 g/mol. The van der Waals surface area contributed by atoms with Gasteiger partial charge in [-0.05, 0) is 38.2 Å². The van der Waals surface area contributed by atoms with Crippen LogP contribution in [0.1, 0.15) is 78.4 Å². The summed E-state index contributed by atoms with van der Waals surface area (Å²) in [7, 11) is 1.27. The van der Waals surface area contributed by atoms with Crippen LogP contribution in [-0.2, 0) is 22.5 Å². The molecule has 2 amide bonds. The van der Waals surface area contributed by atoms with E-state index in [0.717, 1.165) is 32.1 Å². The van der Waals surface area contributed by atoms with Crippen molar-refractivity contribution in [2.45, 2.75) is 76.4 Å². The van der Waals surface area contributed by atoms with E-state index in [1.807, 2.05) is 25.1 Å². The van der Waals surface area contributed by atoms with Crippen molar-refractivity contribution >= 4 is 17.8 Å². The van der Waals surface area contributed by atoms with Crippen molar-refractivity contribution in [1.29, 1.82) is 0 Å². The molecule has 0 radical (unpaired) electrons. The number of aryl methyl sites for hydroxylation is 1. The molecule has 1 fully saturated rings. The molecule has 0 saturated heterocycles. The van der Waals surface area contributed by atoms with Gasteiger partial charge in [-0.1, -0.05) is 56.0 Å². The fourth-order valence-electron chi connectivity index (χ4n) is 5.13. The normalized spacial score (nSPS) is 21.0. The number of benzene rings is 1. The zero-order chi connectivity index (χ0) is 24.1. The van der Waals surface area contributed by atoms with E-state index in [4.69, 9.17) is 4.74 Å². The van der Waals surface area contributed by atoms with Crippen LogP contribution in [0.15, 0.2) is 36.7 Å². The van der Waals surface area contributed by atoms with Gasteiger partial charge in [-0.25, -0.2) is 9.78 Å². The first kappa shape index (κ1) is 24.0. The smallest absolute Gasteiger partial charge is 0.359 e. The van der Waals surface area contributed by atoms with Crippen molar-refractivity contribution < 1.29 is 19.1 Å². The number of amides is 2. The van der Waals surface area contributed by atoms with Crippen LogP contribution >= 0.6 is 0 Å². The Hall–Kier alpha value is -3.16.